The van der Waals surface area contributed by atoms with Crippen molar-refractivity contribution in [1.82, 2.24) is 14.9 Å². The number of nitrogens with zero attached hydrogens (tertiary/aromatic N) is 4. The molecule has 1 saturated heterocycles. The predicted molar refractivity (Wildman–Crippen MR) is 148 cm³/mol. The molecule has 0 radical (unpaired) electrons. The highest BCUT2D eigenvalue weighted by molar-refractivity contribution is 6.16. The van der Waals surface area contributed by atoms with E-state index in [9.17, 15) is 31.1 Å². The minimum atomic E-state index is -1.74. The summed E-state index contributed by atoms with van der Waals surface area (Å²) >= 11 is 0. The zero-order chi connectivity index (χ0) is 31.6. The highest BCUT2D eigenvalue weighted by Gasteiger charge is 2.23. The summed E-state index contributed by atoms with van der Waals surface area (Å²) in [4.78, 5) is 24.4. The predicted octanol–water partition coefficient (Wildman–Crippen LogP) is 6.56. The van der Waals surface area contributed by atoms with Crippen molar-refractivity contribution in [2.24, 2.45) is 10.9 Å². The van der Waals surface area contributed by atoms with Gasteiger partial charge in [-0.05, 0) is 37.8 Å². The van der Waals surface area contributed by atoms with E-state index in [1.54, 1.807) is 11.8 Å². The summed E-state index contributed by atoms with van der Waals surface area (Å²) < 4.78 is 85.6. The first-order valence-corrected chi connectivity index (χ1v) is 13.2. The van der Waals surface area contributed by atoms with Crippen molar-refractivity contribution < 1.29 is 35.9 Å². The van der Waals surface area contributed by atoms with Crippen LogP contribution < -0.4 is 10.5 Å². The Kier molecular flexibility index (Phi) is 12.8. The van der Waals surface area contributed by atoms with E-state index in [1.807, 2.05) is 13.8 Å². The molecule has 13 heteroatoms. The van der Waals surface area contributed by atoms with E-state index in [1.165, 1.54) is 19.4 Å². The lowest BCUT2D eigenvalue weighted by molar-refractivity contribution is -0.133. The minimum absolute atomic E-state index is 0.0178. The number of carbonyl (C=O) groups excluding carboxylic acids is 1. The first kappa shape index (κ1) is 34.0. The number of carbonyl (C=O) groups is 1. The van der Waals surface area contributed by atoms with Crippen LogP contribution in [-0.2, 0) is 4.79 Å². The van der Waals surface area contributed by atoms with Crippen LogP contribution in [0.4, 0.5) is 32.2 Å². The van der Waals surface area contributed by atoms with Crippen LogP contribution in [0, 0.1) is 41.9 Å². The summed E-state index contributed by atoms with van der Waals surface area (Å²) in [5.74, 6) is -9.11. The molecule has 2 N–H and O–H groups in total. The Bertz CT molecular complexity index is 1370. The lowest BCUT2D eigenvalue weighted by Gasteiger charge is -2.30. The van der Waals surface area contributed by atoms with Gasteiger partial charge in [0, 0.05) is 37.8 Å². The molecule has 1 unspecified atom stereocenters. The molecular formula is C29H33F6N5O2. The molecule has 42 heavy (non-hydrogen) atoms. The molecule has 0 saturated carbocycles. The van der Waals surface area contributed by atoms with E-state index in [0.29, 0.717) is 17.2 Å². The normalized spacial score (nSPS) is 14.8. The summed E-state index contributed by atoms with van der Waals surface area (Å²) in [7, 11) is 1.41. The monoisotopic (exact) mass is 597 g/mol. The number of benzene rings is 2. The third-order valence-electron chi connectivity index (χ3n) is 6.14. The van der Waals surface area contributed by atoms with Gasteiger partial charge in [0.1, 0.15) is 23.7 Å². The van der Waals surface area contributed by atoms with E-state index >= 15 is 0 Å². The molecule has 3 aromatic rings. The van der Waals surface area contributed by atoms with Crippen LogP contribution in [0.5, 0.6) is 11.5 Å². The number of hydrogen-bond donors (Lipinski definition) is 1. The lowest BCUT2D eigenvalue weighted by atomic mass is 10.0. The summed E-state index contributed by atoms with van der Waals surface area (Å²) in [5.41, 5.74) is 6.73. The number of amides is 1. The summed E-state index contributed by atoms with van der Waals surface area (Å²) in [6.45, 7) is 8.37. The molecule has 228 valence electrons. The fraction of sp³-hybridized carbons (Fsp3) is 0.379. The third kappa shape index (κ3) is 8.20. The van der Waals surface area contributed by atoms with Gasteiger partial charge in [0.05, 0.1) is 17.0 Å². The molecule has 1 aliphatic heterocycles. The van der Waals surface area contributed by atoms with Crippen LogP contribution in [0.25, 0.3) is 0 Å². The number of nitrogen functional groups attached to an aromatic ring is 1. The second-order valence-corrected chi connectivity index (χ2v) is 9.05. The minimum Gasteiger partial charge on any atom is -0.451 e. The molecule has 4 rings (SSSR count). The molecule has 2 aromatic carbocycles. The molecule has 1 aliphatic rings. The quantitative estimate of drug-likeness (QED) is 0.204. The Morgan fingerprint density at radius 3 is 2.24 bits per heavy atom. The molecule has 1 atom stereocenters. The smallest absolute Gasteiger partial charge is 0.253 e. The average molecular weight is 598 g/mol. The molecular weight excluding hydrogens is 564 g/mol. The van der Waals surface area contributed by atoms with Crippen molar-refractivity contribution >= 4 is 17.4 Å². The molecule has 1 amide bonds. The van der Waals surface area contributed by atoms with Crippen molar-refractivity contribution in [1.29, 1.82) is 0 Å². The van der Waals surface area contributed by atoms with Gasteiger partial charge in [-0.3, -0.25) is 9.79 Å². The highest BCUT2D eigenvalue weighted by Crippen LogP contribution is 2.32. The van der Waals surface area contributed by atoms with E-state index in [4.69, 9.17) is 10.5 Å². The first-order chi connectivity index (χ1) is 20.0. The van der Waals surface area contributed by atoms with Crippen LogP contribution in [0.2, 0.25) is 0 Å². The van der Waals surface area contributed by atoms with Crippen LogP contribution in [0.3, 0.4) is 0 Å². The zero-order valence-corrected chi connectivity index (χ0v) is 24.0. The fourth-order valence-corrected chi connectivity index (χ4v) is 4.16. The topological polar surface area (TPSA) is 93.7 Å². The molecule has 2 heterocycles. The molecule has 0 bridgehead atoms. The van der Waals surface area contributed by atoms with Crippen molar-refractivity contribution in [3.63, 3.8) is 0 Å². The van der Waals surface area contributed by atoms with Crippen LogP contribution in [0.1, 0.15) is 50.4 Å². The number of hydrogen-bond acceptors (Lipinski definition) is 6. The van der Waals surface area contributed by atoms with Crippen LogP contribution in [-0.4, -0.2) is 53.3 Å². The van der Waals surface area contributed by atoms with Crippen LogP contribution in [0.15, 0.2) is 35.6 Å². The van der Waals surface area contributed by atoms with Gasteiger partial charge in [-0.15, -0.1) is 0 Å². The van der Waals surface area contributed by atoms with Crippen LogP contribution >= 0.6 is 0 Å². The number of aryl methyl sites for hydroxylation is 1. The molecule has 1 fully saturated rings. The maximum absolute atomic E-state index is 14.7. The van der Waals surface area contributed by atoms with Crippen molar-refractivity contribution in [3.05, 3.63) is 76.5 Å². The van der Waals surface area contributed by atoms with Crippen molar-refractivity contribution in [2.45, 2.75) is 40.5 Å². The zero-order valence-electron chi connectivity index (χ0n) is 24.0. The highest BCUT2D eigenvalue weighted by atomic mass is 19.2. The standard InChI is InChI=1S/C19H13F5N4O.C8H14FNO.C2H6/c1-8-14(19(25)28-7-27-8)17(26-2)10-4-3-9(5-11(10)20)29-18-15(23)12(21)6-13(22)16(18)24;1-7-3-2-4-10(6-7)8(11)5-9;1-2/h3-7H,1-2H3,(H2,25,27,28);7H,2-6H2,1H3;1-2H3. The number of alkyl halides is 1. The van der Waals surface area contributed by atoms with Gasteiger partial charge in [-0.1, -0.05) is 20.8 Å². The van der Waals surface area contributed by atoms with Gasteiger partial charge in [-0.2, -0.15) is 8.78 Å². The Morgan fingerprint density at radius 1 is 1.07 bits per heavy atom. The third-order valence-corrected chi connectivity index (χ3v) is 6.14. The van der Waals surface area contributed by atoms with E-state index in [-0.39, 0.29) is 29.1 Å². The molecule has 0 aliphatic carbocycles. The van der Waals surface area contributed by atoms with Crippen molar-refractivity contribution in [2.75, 3.05) is 32.5 Å². The van der Waals surface area contributed by atoms with Gasteiger partial charge < -0.3 is 15.4 Å². The first-order valence-electron chi connectivity index (χ1n) is 13.2. The van der Waals surface area contributed by atoms with Gasteiger partial charge in [-0.25, -0.2) is 27.5 Å². The number of piperidine rings is 1. The number of aromatic nitrogens is 2. The Labute approximate surface area is 240 Å². The lowest BCUT2D eigenvalue weighted by Crippen LogP contribution is -2.39. The number of halogens is 6. The maximum atomic E-state index is 14.7. The molecule has 7 nitrogen and oxygen atoms in total. The number of anilines is 1. The number of aliphatic imine (C=N–C) groups is 1. The number of rotatable bonds is 5. The largest absolute Gasteiger partial charge is 0.451 e. The fourth-order valence-electron chi connectivity index (χ4n) is 4.16. The number of likely N-dealkylation sites (tertiary alicyclic amines) is 1. The summed E-state index contributed by atoms with van der Waals surface area (Å²) in [5, 5.41) is 0. The second kappa shape index (κ2) is 15.7. The second-order valence-electron chi connectivity index (χ2n) is 9.05. The van der Waals surface area contributed by atoms with E-state index < -0.39 is 47.3 Å². The van der Waals surface area contributed by atoms with Gasteiger partial charge >= 0.3 is 0 Å². The summed E-state index contributed by atoms with van der Waals surface area (Å²) in [6, 6.07) is 3.20. The van der Waals surface area contributed by atoms with Gasteiger partial charge in [0.25, 0.3) is 5.91 Å². The molecule has 1 aromatic heterocycles. The Balaban J connectivity index is 0.000000396. The Morgan fingerprint density at radius 2 is 1.71 bits per heavy atom. The number of ether oxygens (including phenoxy) is 1. The maximum Gasteiger partial charge on any atom is 0.253 e. The Hall–Kier alpha value is -4.16. The van der Waals surface area contributed by atoms with Gasteiger partial charge in [0.2, 0.25) is 17.4 Å². The summed E-state index contributed by atoms with van der Waals surface area (Å²) in [6.07, 6.45) is 3.43. The van der Waals surface area contributed by atoms with E-state index in [0.717, 1.165) is 38.1 Å². The average Bonchev–Trinajstić information content (AvgIpc) is 2.98. The van der Waals surface area contributed by atoms with Gasteiger partial charge in [0.15, 0.2) is 18.3 Å². The molecule has 0 spiro atoms. The SMILES string of the molecule is CC.CC1CCCN(C(=O)CF)C1.CN=C(c1ccc(Oc2c(F)c(F)cc(F)c2F)cc1F)c1c(C)ncnc1N. The van der Waals surface area contributed by atoms with Crippen molar-refractivity contribution in [3.8, 4) is 11.5 Å². The van der Waals surface area contributed by atoms with E-state index in [2.05, 4.69) is 21.9 Å². The number of nitrogens with two attached hydrogens (primary N) is 1.